The standard InChI is InChI=1S/C9H12N4OS/c10-8(12-9(11)14)13-15-6-7-4-2-1-3-5-7/h1-5H,6H2,(H5,10,11,12,13,14). The van der Waals surface area contributed by atoms with Gasteiger partial charge in [0, 0.05) is 5.75 Å². The van der Waals surface area contributed by atoms with Crippen molar-refractivity contribution in [1.29, 1.82) is 0 Å². The highest BCUT2D eigenvalue weighted by Crippen LogP contribution is 2.11. The van der Waals surface area contributed by atoms with Crippen molar-refractivity contribution in [2.45, 2.75) is 5.75 Å². The Kier molecular flexibility index (Phi) is 4.49. The number of guanidine groups is 1. The zero-order valence-corrected chi connectivity index (χ0v) is 8.83. The van der Waals surface area contributed by atoms with E-state index in [1.807, 2.05) is 30.3 Å². The Morgan fingerprint density at radius 3 is 2.60 bits per heavy atom. The molecular formula is C9H12N4OS. The number of hydrogen-bond donors (Lipinski definition) is 3. The lowest BCUT2D eigenvalue weighted by atomic mass is 10.2. The Morgan fingerprint density at radius 2 is 2.00 bits per heavy atom. The van der Waals surface area contributed by atoms with Gasteiger partial charge >= 0.3 is 6.03 Å². The van der Waals surface area contributed by atoms with E-state index in [1.54, 1.807) is 0 Å². The first-order valence-electron chi connectivity index (χ1n) is 4.24. The summed E-state index contributed by atoms with van der Waals surface area (Å²) >= 11 is 1.25. The molecule has 80 valence electrons. The van der Waals surface area contributed by atoms with Gasteiger partial charge in [0.05, 0.1) is 0 Å². The van der Waals surface area contributed by atoms with Gasteiger partial charge in [-0.2, -0.15) is 4.40 Å². The maximum absolute atomic E-state index is 10.4. The lowest BCUT2D eigenvalue weighted by molar-refractivity contribution is 0.253. The third-order valence-corrected chi connectivity index (χ3v) is 2.28. The van der Waals surface area contributed by atoms with Gasteiger partial charge in [-0.1, -0.05) is 30.3 Å². The van der Waals surface area contributed by atoms with E-state index in [0.29, 0.717) is 5.75 Å². The topological polar surface area (TPSA) is 93.5 Å². The minimum absolute atomic E-state index is 0.0171. The molecule has 0 saturated heterocycles. The second-order valence-electron chi connectivity index (χ2n) is 2.72. The van der Waals surface area contributed by atoms with Crippen molar-refractivity contribution in [1.82, 2.24) is 5.32 Å². The van der Waals surface area contributed by atoms with Gasteiger partial charge in [0.2, 0.25) is 5.96 Å². The summed E-state index contributed by atoms with van der Waals surface area (Å²) in [4.78, 5) is 10.4. The molecule has 2 amide bonds. The van der Waals surface area contributed by atoms with Crippen LogP contribution in [0.5, 0.6) is 0 Å². The van der Waals surface area contributed by atoms with Crippen LogP contribution in [-0.2, 0) is 5.75 Å². The molecule has 1 aromatic rings. The van der Waals surface area contributed by atoms with Crippen LogP contribution in [0.3, 0.4) is 0 Å². The van der Waals surface area contributed by atoms with Gasteiger partial charge in [-0.05, 0) is 17.5 Å². The van der Waals surface area contributed by atoms with E-state index in [-0.39, 0.29) is 5.96 Å². The zero-order chi connectivity index (χ0) is 11.1. The monoisotopic (exact) mass is 224 g/mol. The first-order valence-corrected chi connectivity index (χ1v) is 5.18. The first kappa shape index (κ1) is 11.4. The molecule has 0 atom stereocenters. The SMILES string of the molecule is NC(=O)NC(N)=NSCc1ccccc1. The van der Waals surface area contributed by atoms with Gasteiger partial charge in [0.25, 0.3) is 0 Å². The minimum Gasteiger partial charge on any atom is -0.369 e. The second-order valence-corrected chi connectivity index (χ2v) is 3.45. The normalized spacial score (nSPS) is 11.1. The van der Waals surface area contributed by atoms with Crippen LogP contribution in [0.25, 0.3) is 0 Å². The van der Waals surface area contributed by atoms with Crippen LogP contribution in [0, 0.1) is 0 Å². The Balaban J connectivity index is 2.35. The number of benzene rings is 1. The minimum atomic E-state index is -0.712. The second kappa shape index (κ2) is 5.92. The molecular weight excluding hydrogens is 212 g/mol. The zero-order valence-electron chi connectivity index (χ0n) is 8.01. The van der Waals surface area contributed by atoms with Crippen molar-refractivity contribution in [3.8, 4) is 0 Å². The van der Waals surface area contributed by atoms with Gasteiger partial charge in [-0.15, -0.1) is 0 Å². The van der Waals surface area contributed by atoms with E-state index in [2.05, 4.69) is 9.71 Å². The molecule has 1 rings (SSSR count). The molecule has 0 aromatic heterocycles. The fraction of sp³-hybridized carbons (Fsp3) is 0.111. The van der Waals surface area contributed by atoms with Crippen molar-refractivity contribution in [2.75, 3.05) is 0 Å². The van der Waals surface area contributed by atoms with Gasteiger partial charge < -0.3 is 11.5 Å². The molecule has 0 fully saturated rings. The molecule has 15 heavy (non-hydrogen) atoms. The van der Waals surface area contributed by atoms with Gasteiger partial charge in [0.1, 0.15) is 0 Å². The highest BCUT2D eigenvalue weighted by molar-refractivity contribution is 7.97. The molecule has 0 aliphatic rings. The summed E-state index contributed by atoms with van der Waals surface area (Å²) in [6.07, 6.45) is 0. The first-order chi connectivity index (χ1) is 7.18. The summed E-state index contributed by atoms with van der Waals surface area (Å²) in [5.41, 5.74) is 11.3. The van der Waals surface area contributed by atoms with Crippen LogP contribution in [-0.4, -0.2) is 12.0 Å². The summed E-state index contributed by atoms with van der Waals surface area (Å²) in [5.74, 6) is 0.713. The highest BCUT2D eigenvalue weighted by Gasteiger charge is 1.95. The van der Waals surface area contributed by atoms with Crippen molar-refractivity contribution in [3.63, 3.8) is 0 Å². The molecule has 5 nitrogen and oxygen atoms in total. The summed E-state index contributed by atoms with van der Waals surface area (Å²) in [6.45, 7) is 0. The van der Waals surface area contributed by atoms with Crippen molar-refractivity contribution < 1.29 is 4.79 Å². The third kappa shape index (κ3) is 4.92. The average molecular weight is 224 g/mol. The maximum Gasteiger partial charge on any atom is 0.318 e. The molecule has 0 radical (unpaired) electrons. The van der Waals surface area contributed by atoms with Crippen molar-refractivity contribution in [2.24, 2.45) is 15.9 Å². The summed E-state index contributed by atoms with van der Waals surface area (Å²) in [7, 11) is 0. The van der Waals surface area contributed by atoms with Crippen molar-refractivity contribution in [3.05, 3.63) is 35.9 Å². The number of nitrogens with zero attached hydrogens (tertiary/aromatic N) is 1. The van der Waals surface area contributed by atoms with E-state index in [9.17, 15) is 4.79 Å². The summed E-state index contributed by atoms with van der Waals surface area (Å²) < 4.78 is 3.86. The van der Waals surface area contributed by atoms with Crippen LogP contribution in [0.15, 0.2) is 34.7 Å². The number of nitrogens with two attached hydrogens (primary N) is 2. The number of nitrogens with one attached hydrogen (secondary N) is 1. The predicted molar refractivity (Wildman–Crippen MR) is 62.1 cm³/mol. The number of primary amides is 1. The highest BCUT2D eigenvalue weighted by atomic mass is 32.2. The summed E-state index contributed by atoms with van der Waals surface area (Å²) in [6, 6.07) is 9.10. The summed E-state index contributed by atoms with van der Waals surface area (Å²) in [5, 5.41) is 2.17. The molecule has 0 spiro atoms. The molecule has 0 heterocycles. The van der Waals surface area contributed by atoms with Crippen LogP contribution in [0.2, 0.25) is 0 Å². The maximum atomic E-state index is 10.4. The van der Waals surface area contributed by atoms with Gasteiger partial charge in [-0.3, -0.25) is 5.32 Å². The van der Waals surface area contributed by atoms with Crippen LogP contribution in [0.4, 0.5) is 4.79 Å². The number of carbonyl (C=O) groups is 1. The van der Waals surface area contributed by atoms with Crippen LogP contribution in [0.1, 0.15) is 5.56 Å². The number of hydrogen-bond acceptors (Lipinski definition) is 3. The van der Waals surface area contributed by atoms with Gasteiger partial charge in [-0.25, -0.2) is 4.79 Å². The Bertz CT molecular complexity index is 352. The fourth-order valence-electron chi connectivity index (χ4n) is 0.900. The smallest absolute Gasteiger partial charge is 0.318 e. The van der Waals surface area contributed by atoms with E-state index in [4.69, 9.17) is 11.5 Å². The number of carbonyl (C=O) groups excluding carboxylic acids is 1. The molecule has 5 N–H and O–H groups in total. The molecule has 0 aliphatic heterocycles. The molecule has 0 bridgehead atoms. The number of amides is 2. The molecule has 6 heteroatoms. The Morgan fingerprint density at radius 1 is 1.33 bits per heavy atom. The molecule has 0 unspecified atom stereocenters. The lowest BCUT2D eigenvalue weighted by Gasteiger charge is -1.99. The van der Waals surface area contributed by atoms with E-state index in [1.165, 1.54) is 11.9 Å². The molecule has 1 aromatic carbocycles. The quantitative estimate of drug-likeness (QED) is 0.403. The third-order valence-electron chi connectivity index (χ3n) is 1.49. The van der Waals surface area contributed by atoms with Crippen molar-refractivity contribution >= 4 is 23.9 Å². The number of rotatable bonds is 3. The fourth-order valence-corrected chi connectivity index (χ4v) is 1.49. The molecule has 0 saturated carbocycles. The Labute approximate surface area is 92.1 Å². The Hall–Kier alpha value is -1.69. The van der Waals surface area contributed by atoms with E-state index >= 15 is 0 Å². The number of urea groups is 1. The van der Waals surface area contributed by atoms with E-state index < -0.39 is 6.03 Å². The van der Waals surface area contributed by atoms with E-state index in [0.717, 1.165) is 5.56 Å². The van der Waals surface area contributed by atoms with Gasteiger partial charge in [0.15, 0.2) is 0 Å². The average Bonchev–Trinajstić information content (AvgIpc) is 2.18. The molecule has 0 aliphatic carbocycles. The van der Waals surface area contributed by atoms with Crippen LogP contribution < -0.4 is 16.8 Å². The predicted octanol–water partition coefficient (Wildman–Crippen LogP) is 0.818. The lowest BCUT2D eigenvalue weighted by Crippen LogP contribution is -2.39. The van der Waals surface area contributed by atoms with Crippen LogP contribution >= 0.6 is 11.9 Å². The largest absolute Gasteiger partial charge is 0.369 e.